The summed E-state index contributed by atoms with van der Waals surface area (Å²) in [6, 6.07) is 13.2. The Morgan fingerprint density at radius 1 is 1.10 bits per heavy atom. The van der Waals surface area contributed by atoms with Crippen molar-refractivity contribution in [2.45, 2.75) is 6.42 Å². The zero-order valence-electron chi connectivity index (χ0n) is 16.6. The van der Waals surface area contributed by atoms with Gasteiger partial charge in [0.2, 0.25) is 0 Å². The zero-order chi connectivity index (χ0) is 20.1. The molecule has 4 rings (SSSR count). The molecular weight excluding hydrogens is 368 g/mol. The topological polar surface area (TPSA) is 79.7 Å². The quantitative estimate of drug-likeness (QED) is 0.596. The van der Waals surface area contributed by atoms with E-state index in [2.05, 4.69) is 15.2 Å². The fraction of sp³-hybridized carbons (Fsp3) is 0.364. The van der Waals surface area contributed by atoms with Crippen LogP contribution in [0, 0.1) is 0 Å². The molecule has 0 radical (unpaired) electrons. The Balaban J connectivity index is 1.56. The minimum absolute atomic E-state index is 0.0450. The number of nitrogens with zero attached hydrogens (tertiary/aromatic N) is 3. The molecule has 29 heavy (non-hydrogen) atoms. The van der Waals surface area contributed by atoms with Crippen molar-refractivity contribution in [1.29, 1.82) is 0 Å². The summed E-state index contributed by atoms with van der Waals surface area (Å²) in [5, 5.41) is 14.9. The highest BCUT2D eigenvalue weighted by Crippen LogP contribution is 2.36. The molecule has 0 bridgehead atoms. The van der Waals surface area contributed by atoms with Crippen LogP contribution in [-0.2, 0) is 4.74 Å². The third-order valence-corrected chi connectivity index (χ3v) is 5.11. The van der Waals surface area contributed by atoms with Gasteiger partial charge in [0, 0.05) is 25.0 Å². The number of aromatic hydroxyl groups is 1. The third kappa shape index (κ3) is 4.41. The maximum absolute atomic E-state index is 10.5. The zero-order valence-corrected chi connectivity index (χ0v) is 16.6. The lowest BCUT2D eigenvalue weighted by Gasteiger charge is -2.26. The molecule has 1 aliphatic heterocycles. The van der Waals surface area contributed by atoms with Crippen LogP contribution in [0.2, 0.25) is 0 Å². The number of ether oxygens (including phenoxy) is 2. The van der Waals surface area contributed by atoms with Gasteiger partial charge in [0.05, 0.1) is 31.4 Å². The van der Waals surface area contributed by atoms with E-state index in [-0.39, 0.29) is 5.75 Å². The van der Waals surface area contributed by atoms with E-state index in [1.807, 2.05) is 30.3 Å². The highest BCUT2D eigenvalue weighted by molar-refractivity contribution is 5.91. The van der Waals surface area contributed by atoms with E-state index < -0.39 is 0 Å². The number of methoxy groups -OCH3 is 1. The summed E-state index contributed by atoms with van der Waals surface area (Å²) < 4.78 is 10.6. The minimum atomic E-state index is 0.0450. The lowest BCUT2D eigenvalue weighted by atomic mass is 10.1. The second kappa shape index (κ2) is 9.07. The fourth-order valence-corrected chi connectivity index (χ4v) is 3.53. The minimum Gasteiger partial charge on any atom is -0.504 e. The Morgan fingerprint density at radius 3 is 2.76 bits per heavy atom. The van der Waals surface area contributed by atoms with E-state index in [1.165, 1.54) is 7.11 Å². The van der Waals surface area contributed by atoms with Crippen LogP contribution >= 0.6 is 0 Å². The average Bonchev–Trinajstić information content (AvgIpc) is 2.77. The van der Waals surface area contributed by atoms with Crippen LogP contribution in [0.4, 0.5) is 5.82 Å². The Labute approximate surface area is 170 Å². The van der Waals surface area contributed by atoms with Gasteiger partial charge in [0.25, 0.3) is 0 Å². The van der Waals surface area contributed by atoms with Crippen molar-refractivity contribution in [2.24, 2.45) is 0 Å². The lowest BCUT2D eigenvalue weighted by molar-refractivity contribution is 0.0378. The number of hydrogen-bond acceptors (Lipinski definition) is 7. The molecule has 2 aromatic carbocycles. The standard InChI is InChI=1S/C22H26N4O3/c1-28-19-9-4-7-17(20(19)27)22-24-18-8-3-2-6-16(18)21(25-22)23-10-5-11-26-12-14-29-15-13-26/h2-4,6-9,27H,5,10-15H2,1H3,(H,23,24,25). The van der Waals surface area contributed by atoms with Gasteiger partial charge in [-0.3, -0.25) is 4.90 Å². The largest absolute Gasteiger partial charge is 0.504 e. The SMILES string of the molecule is COc1cccc(-c2nc(NCCCN3CCOCC3)c3ccccc3n2)c1O. The number of fused-ring (bicyclic) bond motifs is 1. The van der Waals surface area contributed by atoms with E-state index in [9.17, 15) is 5.11 Å². The van der Waals surface area contributed by atoms with Crippen molar-refractivity contribution in [2.75, 3.05) is 51.8 Å². The predicted octanol–water partition coefficient (Wildman–Crippen LogP) is 3.15. The highest BCUT2D eigenvalue weighted by Gasteiger charge is 2.15. The number of nitrogens with one attached hydrogen (secondary N) is 1. The Hall–Kier alpha value is -2.90. The number of phenolic OH excluding ortho intramolecular Hbond substituents is 1. The first-order valence-corrected chi connectivity index (χ1v) is 9.93. The van der Waals surface area contributed by atoms with Crippen LogP contribution < -0.4 is 10.1 Å². The van der Waals surface area contributed by atoms with Crippen molar-refractivity contribution >= 4 is 16.7 Å². The van der Waals surface area contributed by atoms with E-state index in [0.29, 0.717) is 17.1 Å². The van der Waals surface area contributed by atoms with Gasteiger partial charge in [-0.1, -0.05) is 18.2 Å². The number of aromatic nitrogens is 2. The van der Waals surface area contributed by atoms with Crippen LogP contribution in [-0.4, -0.2) is 66.5 Å². The van der Waals surface area contributed by atoms with E-state index in [4.69, 9.17) is 14.5 Å². The Morgan fingerprint density at radius 2 is 1.93 bits per heavy atom. The molecule has 2 N–H and O–H groups in total. The third-order valence-electron chi connectivity index (χ3n) is 5.11. The molecule has 0 aliphatic carbocycles. The van der Waals surface area contributed by atoms with Gasteiger partial charge >= 0.3 is 0 Å². The molecule has 0 saturated carbocycles. The van der Waals surface area contributed by atoms with Crippen LogP contribution in [0.1, 0.15) is 6.42 Å². The van der Waals surface area contributed by atoms with Crippen LogP contribution in [0.15, 0.2) is 42.5 Å². The predicted molar refractivity (Wildman–Crippen MR) is 114 cm³/mol. The maximum atomic E-state index is 10.5. The van der Waals surface area contributed by atoms with E-state index in [0.717, 1.165) is 62.5 Å². The first-order chi connectivity index (χ1) is 14.3. The van der Waals surface area contributed by atoms with Crippen molar-refractivity contribution in [3.63, 3.8) is 0 Å². The van der Waals surface area contributed by atoms with Gasteiger partial charge in [-0.25, -0.2) is 9.97 Å². The molecule has 1 fully saturated rings. The Kier molecular flexibility index (Phi) is 6.07. The lowest BCUT2D eigenvalue weighted by Crippen LogP contribution is -2.37. The molecule has 3 aromatic rings. The van der Waals surface area contributed by atoms with Gasteiger partial charge in [-0.15, -0.1) is 0 Å². The first-order valence-electron chi connectivity index (χ1n) is 9.93. The number of hydrogen-bond donors (Lipinski definition) is 2. The molecule has 0 spiro atoms. The molecule has 1 aromatic heterocycles. The Bertz CT molecular complexity index is 973. The van der Waals surface area contributed by atoms with E-state index in [1.54, 1.807) is 12.1 Å². The van der Waals surface area contributed by atoms with Gasteiger partial charge < -0.3 is 19.9 Å². The fourth-order valence-electron chi connectivity index (χ4n) is 3.53. The molecule has 1 saturated heterocycles. The van der Waals surface area contributed by atoms with Crippen LogP contribution in [0.5, 0.6) is 11.5 Å². The monoisotopic (exact) mass is 394 g/mol. The molecule has 7 heteroatoms. The molecule has 0 unspecified atom stereocenters. The molecule has 152 valence electrons. The van der Waals surface area contributed by atoms with Crippen molar-refractivity contribution in [1.82, 2.24) is 14.9 Å². The number of para-hydroxylation sites is 2. The maximum Gasteiger partial charge on any atom is 0.168 e. The van der Waals surface area contributed by atoms with Gasteiger partial charge in [0.1, 0.15) is 5.82 Å². The summed E-state index contributed by atoms with van der Waals surface area (Å²) in [5.74, 6) is 1.69. The second-order valence-corrected chi connectivity index (χ2v) is 7.00. The van der Waals surface area contributed by atoms with Crippen LogP contribution in [0.25, 0.3) is 22.3 Å². The smallest absolute Gasteiger partial charge is 0.168 e. The number of anilines is 1. The van der Waals surface area contributed by atoms with Gasteiger partial charge in [-0.2, -0.15) is 0 Å². The molecular formula is C22H26N4O3. The summed E-state index contributed by atoms with van der Waals surface area (Å²) in [6.45, 7) is 5.46. The molecule has 7 nitrogen and oxygen atoms in total. The summed E-state index contributed by atoms with van der Waals surface area (Å²) in [6.07, 6.45) is 1.01. The number of morpholine rings is 1. The number of rotatable bonds is 7. The number of phenols is 1. The normalized spacial score (nSPS) is 14.8. The molecule has 0 amide bonds. The summed E-state index contributed by atoms with van der Waals surface area (Å²) in [7, 11) is 1.53. The van der Waals surface area contributed by atoms with Crippen molar-refractivity contribution in [3.8, 4) is 22.9 Å². The highest BCUT2D eigenvalue weighted by atomic mass is 16.5. The molecule has 2 heterocycles. The summed E-state index contributed by atoms with van der Waals surface area (Å²) in [4.78, 5) is 11.8. The second-order valence-electron chi connectivity index (χ2n) is 7.00. The first kappa shape index (κ1) is 19.4. The average molecular weight is 394 g/mol. The summed E-state index contributed by atoms with van der Waals surface area (Å²) in [5.41, 5.74) is 1.38. The van der Waals surface area contributed by atoms with E-state index >= 15 is 0 Å². The van der Waals surface area contributed by atoms with Gasteiger partial charge in [0.15, 0.2) is 17.3 Å². The van der Waals surface area contributed by atoms with Crippen LogP contribution in [0.3, 0.4) is 0 Å². The number of benzene rings is 2. The van der Waals surface area contributed by atoms with Crippen molar-refractivity contribution in [3.05, 3.63) is 42.5 Å². The van der Waals surface area contributed by atoms with Gasteiger partial charge in [-0.05, 0) is 37.2 Å². The molecule has 1 aliphatic rings. The summed E-state index contributed by atoms with van der Waals surface area (Å²) >= 11 is 0. The van der Waals surface area contributed by atoms with Crippen molar-refractivity contribution < 1.29 is 14.6 Å². The molecule has 0 atom stereocenters.